The van der Waals surface area contributed by atoms with Gasteiger partial charge in [0.1, 0.15) is 23.7 Å². The highest BCUT2D eigenvalue weighted by Gasteiger charge is 2.31. The molecule has 0 fully saturated rings. The van der Waals surface area contributed by atoms with Gasteiger partial charge in [0, 0.05) is 46.3 Å². The zero-order chi connectivity index (χ0) is 26.2. The standard InChI is InChI=1S/C29H24FN7O/c1-17-10-19(7-6-18-8-9-26(31)32-14-18)11-24(34-17)29(38)36-27(23-12-20-4-2-3-5-22(20)35-23)28-25-13-21(30)15-37(25)16-33-28/h2-5,8-12,14,16,21,27,35H,13,15H2,1H3,(H2,31,32)(H,36,38)/t21-,27?/m1/s1. The van der Waals surface area contributed by atoms with E-state index < -0.39 is 12.2 Å². The second kappa shape index (κ2) is 9.48. The second-order valence-electron chi connectivity index (χ2n) is 9.35. The van der Waals surface area contributed by atoms with E-state index in [0.29, 0.717) is 28.3 Å². The molecular formula is C29H24FN7O. The van der Waals surface area contributed by atoms with Crippen molar-refractivity contribution < 1.29 is 9.18 Å². The van der Waals surface area contributed by atoms with Gasteiger partial charge < -0.3 is 20.6 Å². The van der Waals surface area contributed by atoms with Gasteiger partial charge in [0.2, 0.25) is 0 Å². The number of nitrogen functional groups attached to an aromatic ring is 1. The number of aromatic nitrogens is 5. The summed E-state index contributed by atoms with van der Waals surface area (Å²) < 4.78 is 16.0. The lowest BCUT2D eigenvalue weighted by Crippen LogP contribution is -2.31. The first-order valence-electron chi connectivity index (χ1n) is 12.2. The predicted octanol–water partition coefficient (Wildman–Crippen LogP) is 3.86. The second-order valence-corrected chi connectivity index (χ2v) is 9.35. The van der Waals surface area contributed by atoms with Gasteiger partial charge in [-0.1, -0.05) is 30.0 Å². The summed E-state index contributed by atoms with van der Waals surface area (Å²) in [4.78, 5) is 30.0. The summed E-state index contributed by atoms with van der Waals surface area (Å²) in [5, 5.41) is 4.09. The number of aryl methyl sites for hydroxylation is 1. The number of nitrogens with zero attached hydrogens (tertiary/aromatic N) is 4. The van der Waals surface area contributed by atoms with Gasteiger partial charge in [-0.05, 0) is 48.7 Å². The van der Waals surface area contributed by atoms with Crippen molar-refractivity contribution in [3.63, 3.8) is 0 Å². The van der Waals surface area contributed by atoms with Crippen molar-refractivity contribution in [3.05, 3.63) is 107 Å². The van der Waals surface area contributed by atoms with E-state index >= 15 is 0 Å². The fourth-order valence-electron chi connectivity index (χ4n) is 4.76. The average Bonchev–Trinajstić information content (AvgIpc) is 3.60. The number of H-pyrrole nitrogens is 1. The number of nitrogens with one attached hydrogen (secondary N) is 2. The third-order valence-corrected chi connectivity index (χ3v) is 6.52. The van der Waals surface area contributed by atoms with Crippen LogP contribution in [-0.2, 0) is 13.0 Å². The molecule has 4 aromatic heterocycles. The van der Waals surface area contributed by atoms with Gasteiger partial charge >= 0.3 is 0 Å². The first kappa shape index (κ1) is 23.4. The molecule has 2 atom stereocenters. The van der Waals surface area contributed by atoms with Crippen LogP contribution in [0.15, 0.2) is 67.1 Å². The number of nitrogens with two attached hydrogens (primary N) is 1. The van der Waals surface area contributed by atoms with E-state index in [1.54, 1.807) is 30.7 Å². The van der Waals surface area contributed by atoms with Gasteiger partial charge in [0.05, 0.1) is 18.6 Å². The number of anilines is 1. The molecule has 0 spiro atoms. The number of halogens is 1. The van der Waals surface area contributed by atoms with Crippen LogP contribution in [0.3, 0.4) is 0 Å². The molecule has 8 nitrogen and oxygen atoms in total. The summed E-state index contributed by atoms with van der Waals surface area (Å²) in [6.45, 7) is 2.08. The fourth-order valence-corrected chi connectivity index (χ4v) is 4.76. The largest absolute Gasteiger partial charge is 0.384 e. The Morgan fingerprint density at radius 2 is 2.00 bits per heavy atom. The van der Waals surface area contributed by atoms with Crippen molar-refractivity contribution in [1.29, 1.82) is 0 Å². The number of hydrogen-bond acceptors (Lipinski definition) is 5. The van der Waals surface area contributed by atoms with Crippen LogP contribution < -0.4 is 11.1 Å². The van der Waals surface area contributed by atoms with Crippen LogP contribution in [0.5, 0.6) is 0 Å². The topological polar surface area (TPSA) is 115 Å². The molecule has 1 aromatic carbocycles. The van der Waals surface area contributed by atoms with Crippen LogP contribution in [0, 0.1) is 18.8 Å². The number of carbonyl (C=O) groups is 1. The molecule has 0 bridgehead atoms. The minimum Gasteiger partial charge on any atom is -0.384 e. The van der Waals surface area contributed by atoms with E-state index in [4.69, 9.17) is 5.73 Å². The van der Waals surface area contributed by atoms with Crippen molar-refractivity contribution in [2.45, 2.75) is 32.1 Å². The Balaban J connectivity index is 1.34. The summed E-state index contributed by atoms with van der Waals surface area (Å²) in [6.07, 6.45) is 2.52. The minimum absolute atomic E-state index is 0.227. The SMILES string of the molecule is Cc1cc(C#Cc2ccc(N)nc2)cc(C(=O)NC(c2cc3ccccc3[nH]2)c2ncn3c2C[C@@H](F)C3)n1. The molecule has 0 saturated heterocycles. The predicted molar refractivity (Wildman–Crippen MR) is 142 cm³/mol. The number of carbonyl (C=O) groups excluding carboxylic acids is 1. The molecule has 1 aliphatic heterocycles. The Kier molecular flexibility index (Phi) is 5.85. The fraction of sp³-hybridized carbons (Fsp3) is 0.172. The normalized spacial score (nSPS) is 15.1. The quantitative estimate of drug-likeness (QED) is 0.321. The monoisotopic (exact) mass is 505 g/mol. The molecule has 0 radical (unpaired) electrons. The molecular weight excluding hydrogens is 481 g/mol. The molecule has 0 saturated carbocycles. The molecule has 4 N–H and O–H groups in total. The molecule has 6 rings (SSSR count). The zero-order valence-electron chi connectivity index (χ0n) is 20.6. The summed E-state index contributed by atoms with van der Waals surface area (Å²) in [7, 11) is 0. The summed E-state index contributed by atoms with van der Waals surface area (Å²) in [5.74, 6) is 6.15. The number of fused-ring (bicyclic) bond motifs is 2. The van der Waals surface area contributed by atoms with Crippen LogP contribution in [0.25, 0.3) is 10.9 Å². The van der Waals surface area contributed by atoms with Crippen molar-refractivity contribution in [2.24, 2.45) is 0 Å². The molecule has 0 aliphatic carbocycles. The van der Waals surface area contributed by atoms with Gasteiger partial charge in [0.25, 0.3) is 5.91 Å². The summed E-state index contributed by atoms with van der Waals surface area (Å²) >= 11 is 0. The van der Waals surface area contributed by atoms with Gasteiger partial charge in [0.15, 0.2) is 0 Å². The lowest BCUT2D eigenvalue weighted by atomic mass is 10.1. The smallest absolute Gasteiger partial charge is 0.270 e. The maximum absolute atomic E-state index is 14.2. The van der Waals surface area contributed by atoms with E-state index in [1.165, 1.54) is 0 Å². The Morgan fingerprint density at radius 1 is 1.16 bits per heavy atom. The zero-order valence-corrected chi connectivity index (χ0v) is 20.6. The number of para-hydroxylation sites is 1. The van der Waals surface area contributed by atoms with Crippen molar-refractivity contribution in [1.82, 2.24) is 29.8 Å². The number of alkyl halides is 1. The lowest BCUT2D eigenvalue weighted by Gasteiger charge is -2.17. The van der Waals surface area contributed by atoms with Gasteiger partial charge in [-0.3, -0.25) is 4.79 Å². The molecule has 1 amide bonds. The Labute approximate surface area is 218 Å². The maximum atomic E-state index is 14.2. The highest BCUT2D eigenvalue weighted by Crippen LogP contribution is 2.30. The molecule has 9 heteroatoms. The number of hydrogen-bond donors (Lipinski definition) is 3. The van der Waals surface area contributed by atoms with Crippen LogP contribution in [0.2, 0.25) is 0 Å². The van der Waals surface area contributed by atoms with Crippen molar-refractivity contribution in [2.75, 3.05) is 5.73 Å². The maximum Gasteiger partial charge on any atom is 0.270 e. The van der Waals surface area contributed by atoms with Crippen molar-refractivity contribution >= 4 is 22.6 Å². The van der Waals surface area contributed by atoms with Gasteiger partial charge in [-0.25, -0.2) is 19.3 Å². The average molecular weight is 506 g/mol. The summed E-state index contributed by atoms with van der Waals surface area (Å²) in [6, 6.07) is 16.2. The highest BCUT2D eigenvalue weighted by molar-refractivity contribution is 5.93. The molecule has 1 unspecified atom stereocenters. The molecule has 5 heterocycles. The van der Waals surface area contributed by atoms with Crippen molar-refractivity contribution in [3.8, 4) is 11.8 Å². The molecule has 38 heavy (non-hydrogen) atoms. The van der Waals surface area contributed by atoms with E-state index in [0.717, 1.165) is 22.3 Å². The number of rotatable bonds is 4. The molecule has 5 aromatic rings. The van der Waals surface area contributed by atoms with E-state index in [-0.39, 0.29) is 24.6 Å². The Morgan fingerprint density at radius 3 is 2.82 bits per heavy atom. The van der Waals surface area contributed by atoms with Crippen LogP contribution in [0.4, 0.5) is 10.2 Å². The first-order chi connectivity index (χ1) is 18.4. The Hall–Kier alpha value is -4.97. The summed E-state index contributed by atoms with van der Waals surface area (Å²) in [5.41, 5.74) is 11.0. The van der Waals surface area contributed by atoms with E-state index in [2.05, 4.69) is 37.1 Å². The van der Waals surface area contributed by atoms with Crippen LogP contribution >= 0.6 is 0 Å². The van der Waals surface area contributed by atoms with E-state index in [1.807, 2.05) is 47.9 Å². The number of pyridine rings is 2. The number of benzene rings is 1. The van der Waals surface area contributed by atoms with Crippen LogP contribution in [-0.4, -0.2) is 36.6 Å². The molecule has 1 aliphatic rings. The third kappa shape index (κ3) is 4.60. The number of aromatic amines is 1. The van der Waals surface area contributed by atoms with E-state index in [9.17, 15) is 9.18 Å². The Bertz CT molecular complexity index is 1690. The third-order valence-electron chi connectivity index (χ3n) is 6.52. The van der Waals surface area contributed by atoms with Gasteiger partial charge in [-0.2, -0.15) is 0 Å². The van der Waals surface area contributed by atoms with Gasteiger partial charge in [-0.15, -0.1) is 0 Å². The number of imidazole rings is 1. The minimum atomic E-state index is -0.971. The lowest BCUT2D eigenvalue weighted by molar-refractivity contribution is 0.0936. The number of amides is 1. The van der Waals surface area contributed by atoms with Crippen LogP contribution in [0.1, 0.15) is 50.4 Å². The molecule has 188 valence electrons. The first-order valence-corrected chi connectivity index (χ1v) is 12.2. The highest BCUT2D eigenvalue weighted by atomic mass is 19.1.